The number of hydrogen-bond donors (Lipinski definition) is 1. The Balaban J connectivity index is 1.85. The van der Waals surface area contributed by atoms with Gasteiger partial charge < -0.3 is 10.1 Å². The highest BCUT2D eigenvalue weighted by molar-refractivity contribution is 5.95. The molecule has 0 atom stereocenters. The van der Waals surface area contributed by atoms with E-state index in [0.29, 0.717) is 11.6 Å². The SMILES string of the molecule is CNc1nc(-c2cccnc2)nc2cc(C)c(-c3cccc(OC(F)F)c3)cc12. The van der Waals surface area contributed by atoms with E-state index in [-0.39, 0.29) is 5.75 Å². The first-order valence-corrected chi connectivity index (χ1v) is 9.01. The van der Waals surface area contributed by atoms with Crippen LogP contribution in [-0.2, 0) is 0 Å². The molecule has 0 saturated carbocycles. The summed E-state index contributed by atoms with van der Waals surface area (Å²) in [4.78, 5) is 13.4. The number of rotatable bonds is 5. The summed E-state index contributed by atoms with van der Waals surface area (Å²) in [5.74, 6) is 1.37. The highest BCUT2D eigenvalue weighted by Gasteiger charge is 2.13. The Morgan fingerprint density at radius 1 is 1.00 bits per heavy atom. The highest BCUT2D eigenvalue weighted by atomic mass is 19.3. The molecule has 0 bridgehead atoms. The molecule has 4 aromatic rings. The first kappa shape index (κ1) is 18.7. The first-order valence-electron chi connectivity index (χ1n) is 9.01. The zero-order valence-electron chi connectivity index (χ0n) is 15.9. The van der Waals surface area contributed by atoms with Crippen LogP contribution in [0.3, 0.4) is 0 Å². The minimum absolute atomic E-state index is 0.119. The predicted molar refractivity (Wildman–Crippen MR) is 109 cm³/mol. The van der Waals surface area contributed by atoms with Crippen LogP contribution in [-0.4, -0.2) is 28.6 Å². The van der Waals surface area contributed by atoms with E-state index >= 15 is 0 Å². The molecule has 2 aromatic heterocycles. The average Bonchev–Trinajstić information content (AvgIpc) is 2.72. The Morgan fingerprint density at radius 3 is 2.55 bits per heavy atom. The number of nitrogens with zero attached hydrogens (tertiary/aromatic N) is 3. The lowest BCUT2D eigenvalue weighted by molar-refractivity contribution is -0.0498. The van der Waals surface area contributed by atoms with Gasteiger partial charge in [0.1, 0.15) is 11.6 Å². The van der Waals surface area contributed by atoms with Crippen LogP contribution in [0.15, 0.2) is 60.9 Å². The molecule has 0 radical (unpaired) electrons. The highest BCUT2D eigenvalue weighted by Crippen LogP contribution is 2.33. The van der Waals surface area contributed by atoms with Crippen LogP contribution in [0.1, 0.15) is 5.56 Å². The molecule has 5 nitrogen and oxygen atoms in total. The minimum atomic E-state index is -2.86. The molecular weight excluding hydrogens is 374 g/mol. The van der Waals surface area contributed by atoms with Crippen LogP contribution in [0, 0.1) is 6.92 Å². The van der Waals surface area contributed by atoms with Crippen LogP contribution in [0.25, 0.3) is 33.4 Å². The molecule has 2 heterocycles. The molecule has 146 valence electrons. The van der Waals surface area contributed by atoms with Crippen molar-refractivity contribution < 1.29 is 13.5 Å². The maximum absolute atomic E-state index is 12.6. The zero-order valence-corrected chi connectivity index (χ0v) is 15.9. The number of fused-ring (bicyclic) bond motifs is 1. The second-order valence-corrected chi connectivity index (χ2v) is 6.48. The van der Waals surface area contributed by atoms with Crippen LogP contribution in [0.2, 0.25) is 0 Å². The summed E-state index contributed by atoms with van der Waals surface area (Å²) in [6, 6.07) is 14.3. The number of aromatic nitrogens is 3. The van der Waals surface area contributed by atoms with E-state index in [9.17, 15) is 8.78 Å². The van der Waals surface area contributed by atoms with Gasteiger partial charge >= 0.3 is 6.61 Å². The van der Waals surface area contributed by atoms with Crippen molar-refractivity contribution in [1.82, 2.24) is 15.0 Å². The van der Waals surface area contributed by atoms with E-state index in [1.165, 1.54) is 6.07 Å². The Kier molecular flexibility index (Phi) is 5.03. The first-order chi connectivity index (χ1) is 14.0. The van der Waals surface area contributed by atoms with Gasteiger partial charge in [0, 0.05) is 30.4 Å². The second-order valence-electron chi connectivity index (χ2n) is 6.48. The summed E-state index contributed by atoms with van der Waals surface area (Å²) < 4.78 is 29.7. The van der Waals surface area contributed by atoms with Crippen LogP contribution in [0.5, 0.6) is 5.75 Å². The topological polar surface area (TPSA) is 59.9 Å². The van der Waals surface area contributed by atoms with Gasteiger partial charge in [0.25, 0.3) is 0 Å². The number of ether oxygens (including phenoxy) is 1. The number of nitrogens with one attached hydrogen (secondary N) is 1. The van der Waals surface area contributed by atoms with Gasteiger partial charge in [0.15, 0.2) is 5.82 Å². The molecule has 0 aliphatic carbocycles. The molecule has 2 aromatic carbocycles. The number of halogens is 2. The van der Waals surface area contributed by atoms with Gasteiger partial charge in [-0.3, -0.25) is 4.98 Å². The van der Waals surface area contributed by atoms with Crippen LogP contribution < -0.4 is 10.1 Å². The van der Waals surface area contributed by atoms with E-state index in [0.717, 1.165) is 33.2 Å². The van der Waals surface area contributed by atoms with Gasteiger partial charge in [0.05, 0.1) is 5.52 Å². The Hall–Kier alpha value is -3.61. The molecular formula is C22H18F2N4O. The molecule has 0 saturated heterocycles. The van der Waals surface area contributed by atoms with Gasteiger partial charge in [0.2, 0.25) is 0 Å². The molecule has 0 aliphatic rings. The molecule has 0 aliphatic heterocycles. The molecule has 0 spiro atoms. The molecule has 1 N–H and O–H groups in total. The Labute approximate surface area is 166 Å². The van der Waals surface area contributed by atoms with Crippen molar-refractivity contribution in [2.24, 2.45) is 0 Å². The summed E-state index contributed by atoms with van der Waals surface area (Å²) in [5.41, 5.74) is 4.24. The maximum Gasteiger partial charge on any atom is 0.387 e. The second kappa shape index (κ2) is 7.79. The molecule has 0 unspecified atom stereocenters. The lowest BCUT2D eigenvalue weighted by Crippen LogP contribution is -2.02. The van der Waals surface area contributed by atoms with Crippen molar-refractivity contribution in [3.63, 3.8) is 0 Å². The normalized spacial score (nSPS) is 11.1. The third kappa shape index (κ3) is 3.85. The smallest absolute Gasteiger partial charge is 0.387 e. The van der Waals surface area contributed by atoms with E-state index in [2.05, 4.69) is 20.0 Å². The molecule has 7 heteroatoms. The third-order valence-corrected chi connectivity index (χ3v) is 4.57. The number of anilines is 1. The van der Waals surface area contributed by atoms with Crippen LogP contribution in [0.4, 0.5) is 14.6 Å². The number of alkyl halides is 2. The Bertz CT molecular complexity index is 1170. The predicted octanol–water partition coefficient (Wildman–Crippen LogP) is 5.31. The van der Waals surface area contributed by atoms with Gasteiger partial charge in [-0.25, -0.2) is 9.97 Å². The maximum atomic E-state index is 12.6. The quantitative estimate of drug-likeness (QED) is 0.499. The van der Waals surface area contributed by atoms with E-state index in [1.54, 1.807) is 31.6 Å². The van der Waals surface area contributed by atoms with Gasteiger partial charge in [-0.05, 0) is 60.0 Å². The fourth-order valence-corrected chi connectivity index (χ4v) is 3.25. The minimum Gasteiger partial charge on any atom is -0.435 e. The number of aryl methyl sites for hydroxylation is 1. The molecule has 0 amide bonds. The fraction of sp³-hybridized carbons (Fsp3) is 0.136. The van der Waals surface area contributed by atoms with Crippen LogP contribution >= 0.6 is 0 Å². The van der Waals surface area contributed by atoms with Crippen molar-refractivity contribution in [3.05, 3.63) is 66.5 Å². The summed E-state index contributed by atoms with van der Waals surface area (Å²) in [6.07, 6.45) is 3.42. The molecule has 4 rings (SSSR count). The monoisotopic (exact) mass is 392 g/mol. The van der Waals surface area contributed by atoms with E-state index < -0.39 is 6.61 Å². The summed E-state index contributed by atoms with van der Waals surface area (Å²) in [6.45, 7) is -0.904. The van der Waals surface area contributed by atoms with Crippen molar-refractivity contribution >= 4 is 16.7 Å². The largest absolute Gasteiger partial charge is 0.435 e. The van der Waals surface area contributed by atoms with E-state index in [4.69, 9.17) is 4.98 Å². The van der Waals surface area contributed by atoms with Crippen molar-refractivity contribution in [2.45, 2.75) is 13.5 Å². The number of hydrogen-bond acceptors (Lipinski definition) is 5. The Morgan fingerprint density at radius 2 is 1.83 bits per heavy atom. The summed E-state index contributed by atoms with van der Waals surface area (Å²) in [5, 5.41) is 3.95. The lowest BCUT2D eigenvalue weighted by Gasteiger charge is -2.13. The van der Waals surface area contributed by atoms with Crippen molar-refractivity contribution in [3.8, 4) is 28.3 Å². The van der Waals surface area contributed by atoms with E-state index in [1.807, 2.05) is 37.3 Å². The average molecular weight is 392 g/mol. The van der Waals surface area contributed by atoms with Crippen molar-refractivity contribution in [1.29, 1.82) is 0 Å². The van der Waals surface area contributed by atoms with Gasteiger partial charge in [-0.1, -0.05) is 12.1 Å². The van der Waals surface area contributed by atoms with Gasteiger partial charge in [-0.15, -0.1) is 0 Å². The van der Waals surface area contributed by atoms with Crippen molar-refractivity contribution in [2.75, 3.05) is 12.4 Å². The zero-order chi connectivity index (χ0) is 20.4. The number of pyridine rings is 1. The summed E-state index contributed by atoms with van der Waals surface area (Å²) >= 11 is 0. The fourth-order valence-electron chi connectivity index (χ4n) is 3.25. The van der Waals surface area contributed by atoms with Gasteiger partial charge in [-0.2, -0.15) is 8.78 Å². The lowest BCUT2D eigenvalue weighted by atomic mass is 9.98. The molecule has 0 fully saturated rings. The standard InChI is InChI=1S/C22H18F2N4O/c1-13-9-19-18(11-17(13)14-5-3-7-16(10-14)29-22(23)24)21(25-2)28-20(27-19)15-6-4-8-26-12-15/h3-12,22H,1-2H3,(H,25,27,28). The number of benzene rings is 2. The molecule has 29 heavy (non-hydrogen) atoms. The summed E-state index contributed by atoms with van der Waals surface area (Å²) in [7, 11) is 1.80. The third-order valence-electron chi connectivity index (χ3n) is 4.57.